The predicted octanol–water partition coefficient (Wildman–Crippen LogP) is 15.6. The summed E-state index contributed by atoms with van der Waals surface area (Å²) >= 11 is 0. The Hall–Kier alpha value is -7.42. The fourth-order valence-corrected chi connectivity index (χ4v) is 9.74. The van der Waals surface area contributed by atoms with Crippen LogP contribution in [0.1, 0.15) is 25.0 Å². The van der Waals surface area contributed by atoms with Gasteiger partial charge in [-0.05, 0) is 87.0 Å². The number of rotatable bonds is 7. The van der Waals surface area contributed by atoms with Crippen molar-refractivity contribution in [3.8, 4) is 50.2 Å². The molecule has 2 heteroatoms. The van der Waals surface area contributed by atoms with E-state index in [1.54, 1.807) is 0 Å². The minimum Gasteiger partial charge on any atom is -0.309 e. The third kappa shape index (κ3) is 5.56. The Labute approximate surface area is 345 Å². The fraction of sp³-hybridized carbons (Fsp3) is 0.0526. The molecule has 1 aliphatic rings. The summed E-state index contributed by atoms with van der Waals surface area (Å²) in [4.78, 5) is 2.50. The zero-order valence-electron chi connectivity index (χ0n) is 33.2. The van der Waals surface area contributed by atoms with Crippen LogP contribution in [0.5, 0.6) is 0 Å². The molecule has 0 radical (unpaired) electrons. The zero-order valence-corrected chi connectivity index (χ0v) is 33.2. The van der Waals surface area contributed by atoms with Crippen molar-refractivity contribution in [2.45, 2.75) is 19.3 Å². The first-order valence-electron chi connectivity index (χ1n) is 20.5. The highest BCUT2D eigenvalue weighted by Gasteiger charge is 2.37. The van der Waals surface area contributed by atoms with E-state index >= 15 is 0 Å². The monoisotopic (exact) mass is 754 g/mol. The molecule has 0 unspecified atom stereocenters. The molecule has 11 rings (SSSR count). The smallest absolute Gasteiger partial charge is 0.0541 e. The van der Waals surface area contributed by atoms with E-state index in [1.165, 1.54) is 71.9 Å². The van der Waals surface area contributed by atoms with Crippen molar-refractivity contribution in [1.82, 2.24) is 4.57 Å². The summed E-state index contributed by atoms with van der Waals surface area (Å²) in [5, 5.41) is 2.50. The Morgan fingerprint density at radius 2 is 0.864 bits per heavy atom. The van der Waals surface area contributed by atoms with Gasteiger partial charge in [0.15, 0.2) is 0 Å². The topological polar surface area (TPSA) is 8.17 Å². The van der Waals surface area contributed by atoms with E-state index in [0.29, 0.717) is 0 Å². The largest absolute Gasteiger partial charge is 0.309 e. The van der Waals surface area contributed by atoms with Crippen molar-refractivity contribution < 1.29 is 0 Å². The van der Waals surface area contributed by atoms with Gasteiger partial charge in [-0.1, -0.05) is 190 Å². The minimum absolute atomic E-state index is 0.110. The number of hydrogen-bond donors (Lipinski definition) is 0. The minimum atomic E-state index is -0.110. The number of anilines is 3. The molecule has 59 heavy (non-hydrogen) atoms. The molecule has 1 heterocycles. The molecule has 1 aromatic heterocycles. The molecule has 0 spiro atoms. The van der Waals surface area contributed by atoms with Crippen molar-refractivity contribution in [2.75, 3.05) is 4.90 Å². The molecule has 2 nitrogen and oxygen atoms in total. The fourth-order valence-electron chi connectivity index (χ4n) is 9.74. The number of hydrogen-bond acceptors (Lipinski definition) is 1. The lowest BCUT2D eigenvalue weighted by Crippen LogP contribution is -2.15. The van der Waals surface area contributed by atoms with Gasteiger partial charge in [0.25, 0.3) is 0 Å². The van der Waals surface area contributed by atoms with E-state index < -0.39 is 0 Å². The van der Waals surface area contributed by atoms with Gasteiger partial charge in [0.2, 0.25) is 0 Å². The van der Waals surface area contributed by atoms with Crippen molar-refractivity contribution in [3.05, 3.63) is 230 Å². The van der Waals surface area contributed by atoms with Crippen LogP contribution >= 0.6 is 0 Å². The van der Waals surface area contributed by atoms with E-state index in [9.17, 15) is 0 Å². The summed E-state index contributed by atoms with van der Waals surface area (Å²) in [5.74, 6) is 0. The van der Waals surface area contributed by atoms with Crippen molar-refractivity contribution >= 4 is 38.9 Å². The lowest BCUT2D eigenvalue weighted by Gasteiger charge is -2.31. The second-order valence-electron chi connectivity index (χ2n) is 16.1. The number of fused-ring (bicyclic) bond motifs is 6. The van der Waals surface area contributed by atoms with Gasteiger partial charge < -0.3 is 9.47 Å². The summed E-state index contributed by atoms with van der Waals surface area (Å²) in [6, 6.07) is 79.9. The van der Waals surface area contributed by atoms with Gasteiger partial charge in [-0.2, -0.15) is 0 Å². The number of para-hydroxylation sites is 4. The van der Waals surface area contributed by atoms with Crippen LogP contribution in [0, 0.1) is 0 Å². The first-order chi connectivity index (χ1) is 29.1. The summed E-state index contributed by atoms with van der Waals surface area (Å²) in [5.41, 5.74) is 19.2. The maximum Gasteiger partial charge on any atom is 0.0541 e. The SMILES string of the molecule is CC1(C)c2ccccc2-c2c(-c3ccccc3N(c3cccc(-n4c5ccccc5c5ccccc54)c3)c3ccccc3-c3ccccc3-c3ccccc3)cccc21. The highest BCUT2D eigenvalue weighted by atomic mass is 15.2. The van der Waals surface area contributed by atoms with Gasteiger partial charge in [-0.15, -0.1) is 0 Å². The maximum absolute atomic E-state index is 2.50. The Balaban J connectivity index is 1.19. The van der Waals surface area contributed by atoms with Crippen LogP contribution in [0.15, 0.2) is 218 Å². The van der Waals surface area contributed by atoms with Crippen LogP contribution in [-0.2, 0) is 5.41 Å². The quantitative estimate of drug-likeness (QED) is 0.157. The highest BCUT2D eigenvalue weighted by molar-refractivity contribution is 6.09. The average Bonchev–Trinajstić information content (AvgIpc) is 3.76. The molecule has 0 N–H and O–H groups in total. The molecule has 280 valence electrons. The molecular weight excluding hydrogens is 713 g/mol. The van der Waals surface area contributed by atoms with E-state index in [0.717, 1.165) is 28.3 Å². The maximum atomic E-state index is 2.50. The van der Waals surface area contributed by atoms with E-state index in [4.69, 9.17) is 0 Å². The van der Waals surface area contributed by atoms with E-state index in [1.807, 2.05) is 0 Å². The summed E-state index contributed by atoms with van der Waals surface area (Å²) < 4.78 is 2.41. The predicted molar refractivity (Wildman–Crippen MR) is 249 cm³/mol. The lowest BCUT2D eigenvalue weighted by molar-refractivity contribution is 0.660. The molecule has 9 aromatic carbocycles. The van der Waals surface area contributed by atoms with Gasteiger partial charge in [0, 0.05) is 38.7 Å². The Morgan fingerprint density at radius 1 is 0.373 bits per heavy atom. The second-order valence-corrected chi connectivity index (χ2v) is 16.1. The molecule has 0 bridgehead atoms. The van der Waals surface area contributed by atoms with Crippen molar-refractivity contribution in [3.63, 3.8) is 0 Å². The van der Waals surface area contributed by atoms with Crippen LogP contribution in [0.2, 0.25) is 0 Å². The molecule has 0 saturated heterocycles. The lowest BCUT2D eigenvalue weighted by atomic mass is 9.82. The van der Waals surface area contributed by atoms with Gasteiger partial charge in [-0.25, -0.2) is 0 Å². The third-order valence-corrected chi connectivity index (χ3v) is 12.4. The number of benzene rings is 9. The van der Waals surface area contributed by atoms with Crippen LogP contribution in [0.25, 0.3) is 72.0 Å². The van der Waals surface area contributed by atoms with Gasteiger partial charge in [-0.3, -0.25) is 0 Å². The Morgan fingerprint density at radius 3 is 1.56 bits per heavy atom. The Bertz CT molecular complexity index is 3150. The van der Waals surface area contributed by atoms with Crippen molar-refractivity contribution in [2.24, 2.45) is 0 Å². The first kappa shape index (κ1) is 34.8. The second kappa shape index (κ2) is 13.9. The van der Waals surface area contributed by atoms with Crippen LogP contribution < -0.4 is 4.90 Å². The average molecular weight is 755 g/mol. The number of aromatic nitrogens is 1. The zero-order chi connectivity index (χ0) is 39.5. The summed E-state index contributed by atoms with van der Waals surface area (Å²) in [6.45, 7) is 4.72. The third-order valence-electron chi connectivity index (χ3n) is 12.4. The number of nitrogens with zero attached hydrogens (tertiary/aromatic N) is 2. The van der Waals surface area contributed by atoms with Gasteiger partial charge >= 0.3 is 0 Å². The summed E-state index contributed by atoms with van der Waals surface area (Å²) in [7, 11) is 0. The van der Waals surface area contributed by atoms with Gasteiger partial charge in [0.05, 0.1) is 22.4 Å². The van der Waals surface area contributed by atoms with Crippen molar-refractivity contribution in [1.29, 1.82) is 0 Å². The molecular formula is C57H42N2. The van der Waals surface area contributed by atoms with Gasteiger partial charge in [0.1, 0.15) is 0 Å². The molecule has 1 aliphatic carbocycles. The molecule has 10 aromatic rings. The molecule has 0 amide bonds. The van der Waals surface area contributed by atoms with Crippen LogP contribution in [-0.4, -0.2) is 4.57 Å². The Kier molecular flexibility index (Phi) is 8.20. The van der Waals surface area contributed by atoms with E-state index in [-0.39, 0.29) is 5.41 Å². The first-order valence-corrected chi connectivity index (χ1v) is 20.5. The van der Waals surface area contributed by atoms with E-state index in [2.05, 4.69) is 242 Å². The molecule has 0 aliphatic heterocycles. The molecule has 0 fully saturated rings. The van der Waals surface area contributed by atoms with Crippen LogP contribution in [0.4, 0.5) is 17.1 Å². The standard InChI is InChI=1S/C57H42N2/c1-57(2)50-32-13-8-30-49(50)56-48(31-19-33-51(56)57)47-29-12-17-37-55(47)58(52-34-14-9-26-44(52)43-25-7-6-24-42(43)39-20-4-3-5-21-39)40-22-18-23-41(38-40)59-53-35-15-10-27-45(53)46-28-11-16-36-54(46)59/h3-38H,1-2H3. The summed E-state index contributed by atoms with van der Waals surface area (Å²) in [6.07, 6.45) is 0. The normalized spacial score (nSPS) is 12.7. The highest BCUT2D eigenvalue weighted by Crippen LogP contribution is 2.54. The molecule has 0 atom stereocenters. The molecule has 0 saturated carbocycles. The van der Waals surface area contributed by atoms with Crippen LogP contribution in [0.3, 0.4) is 0 Å².